The van der Waals surface area contributed by atoms with Crippen LogP contribution in [0.15, 0.2) is 18.2 Å². The van der Waals surface area contributed by atoms with E-state index in [1.165, 1.54) is 0 Å². The van der Waals surface area contributed by atoms with E-state index < -0.39 is 13.6 Å². The number of carboxylic acids is 1. The summed E-state index contributed by atoms with van der Waals surface area (Å²) >= 11 is 0. The normalized spacial score (nSPS) is 14.7. The number of carbonyl (C=O) groups excluding carboxylic acids is 1. The zero-order valence-corrected chi connectivity index (χ0v) is 19.0. The Morgan fingerprint density at radius 3 is 2.45 bits per heavy atom. The maximum atomic E-state index is 13.4. The molecule has 31 heavy (non-hydrogen) atoms. The molecule has 0 spiro atoms. The number of carbonyl (C=O) groups is 2. The molecule has 1 amide bonds. The van der Waals surface area contributed by atoms with Gasteiger partial charge in [-0.3, -0.25) is 14.2 Å². The zero-order chi connectivity index (χ0) is 22.8. The van der Waals surface area contributed by atoms with E-state index in [1.807, 2.05) is 26.0 Å². The van der Waals surface area contributed by atoms with Crippen LogP contribution in [0.25, 0.3) is 11.6 Å². The van der Waals surface area contributed by atoms with Crippen molar-refractivity contribution < 1.29 is 28.3 Å². The van der Waals surface area contributed by atoms with E-state index in [0.29, 0.717) is 34.2 Å². The molecule has 0 aliphatic carbocycles. The van der Waals surface area contributed by atoms with Gasteiger partial charge in [0, 0.05) is 23.4 Å². The molecule has 1 aliphatic rings. The molecule has 0 fully saturated rings. The summed E-state index contributed by atoms with van der Waals surface area (Å²) in [6.07, 6.45) is 2.04. The van der Waals surface area contributed by atoms with Crippen molar-refractivity contribution in [1.29, 1.82) is 0 Å². The molecule has 0 saturated carbocycles. The lowest BCUT2D eigenvalue weighted by molar-refractivity contribution is -0.137. The number of aliphatic carboxylic acids is 1. The number of amides is 1. The highest BCUT2D eigenvalue weighted by atomic mass is 31.2. The number of H-pyrrole nitrogens is 1. The van der Waals surface area contributed by atoms with Gasteiger partial charge in [-0.2, -0.15) is 0 Å². The SMILES string of the molecule is CCOP(=O)(OCC)c1cc(C)cc2c1NC(=O)C2=Cc1[nH]c(C)cc1CCC(=O)O. The van der Waals surface area contributed by atoms with Gasteiger partial charge in [0.1, 0.15) is 0 Å². The van der Waals surface area contributed by atoms with Crippen LogP contribution in [0.1, 0.15) is 48.3 Å². The highest BCUT2D eigenvalue weighted by molar-refractivity contribution is 7.62. The van der Waals surface area contributed by atoms with E-state index >= 15 is 0 Å². The fraction of sp³-hybridized carbons (Fsp3) is 0.364. The summed E-state index contributed by atoms with van der Waals surface area (Å²) in [6.45, 7) is 7.59. The molecular formula is C22H27N2O6P. The minimum Gasteiger partial charge on any atom is -0.481 e. The van der Waals surface area contributed by atoms with Crippen LogP contribution in [-0.2, 0) is 29.6 Å². The summed E-state index contributed by atoms with van der Waals surface area (Å²) in [5, 5.41) is 12.2. The smallest absolute Gasteiger partial charge is 0.363 e. The zero-order valence-electron chi connectivity index (χ0n) is 18.1. The van der Waals surface area contributed by atoms with Crippen molar-refractivity contribution in [2.75, 3.05) is 18.5 Å². The quantitative estimate of drug-likeness (QED) is 0.395. The predicted molar refractivity (Wildman–Crippen MR) is 120 cm³/mol. The average molecular weight is 446 g/mol. The number of fused-ring (bicyclic) bond motifs is 1. The third kappa shape index (κ3) is 4.82. The van der Waals surface area contributed by atoms with Gasteiger partial charge in [-0.15, -0.1) is 0 Å². The van der Waals surface area contributed by atoms with Crippen molar-refractivity contribution in [2.45, 2.75) is 40.5 Å². The molecule has 0 radical (unpaired) electrons. The maximum absolute atomic E-state index is 13.4. The van der Waals surface area contributed by atoms with Gasteiger partial charge in [0.25, 0.3) is 5.91 Å². The average Bonchev–Trinajstić information content (AvgIpc) is 3.19. The number of hydrogen-bond acceptors (Lipinski definition) is 5. The lowest BCUT2D eigenvalue weighted by atomic mass is 10.0. The Hall–Kier alpha value is -2.67. The topological polar surface area (TPSA) is 118 Å². The van der Waals surface area contributed by atoms with E-state index in [4.69, 9.17) is 14.2 Å². The molecular weight excluding hydrogens is 419 g/mol. The van der Waals surface area contributed by atoms with E-state index in [2.05, 4.69) is 10.3 Å². The summed E-state index contributed by atoms with van der Waals surface area (Å²) < 4.78 is 24.4. The molecule has 1 aliphatic heterocycles. The summed E-state index contributed by atoms with van der Waals surface area (Å²) in [7, 11) is -3.62. The second-order valence-electron chi connectivity index (χ2n) is 7.34. The monoisotopic (exact) mass is 446 g/mol. The fourth-order valence-corrected chi connectivity index (χ4v) is 5.52. The van der Waals surface area contributed by atoms with Gasteiger partial charge in [0.05, 0.1) is 29.8 Å². The maximum Gasteiger partial charge on any atom is 0.363 e. The molecule has 1 aromatic heterocycles. The largest absolute Gasteiger partial charge is 0.481 e. The van der Waals surface area contributed by atoms with Crippen molar-refractivity contribution in [3.8, 4) is 0 Å². The number of aromatic amines is 1. The Bertz CT molecular complexity index is 1090. The molecule has 1 aromatic carbocycles. The Morgan fingerprint density at radius 2 is 1.84 bits per heavy atom. The highest BCUT2D eigenvalue weighted by Crippen LogP contribution is 2.51. The number of anilines is 1. The highest BCUT2D eigenvalue weighted by Gasteiger charge is 2.36. The van der Waals surface area contributed by atoms with Crippen molar-refractivity contribution in [2.24, 2.45) is 0 Å². The van der Waals surface area contributed by atoms with Crippen molar-refractivity contribution >= 4 is 42.1 Å². The molecule has 166 valence electrons. The second-order valence-corrected chi connectivity index (χ2v) is 9.33. The Kier molecular flexibility index (Phi) is 6.84. The van der Waals surface area contributed by atoms with Crippen LogP contribution < -0.4 is 10.6 Å². The van der Waals surface area contributed by atoms with Gasteiger partial charge >= 0.3 is 13.6 Å². The van der Waals surface area contributed by atoms with Crippen LogP contribution in [0, 0.1) is 13.8 Å². The lowest BCUT2D eigenvalue weighted by Crippen LogP contribution is -2.16. The molecule has 0 unspecified atom stereocenters. The number of rotatable bonds is 9. The first kappa shape index (κ1) is 23.0. The van der Waals surface area contributed by atoms with Gasteiger partial charge in [-0.25, -0.2) is 0 Å². The molecule has 9 heteroatoms. The van der Waals surface area contributed by atoms with Crippen molar-refractivity contribution in [1.82, 2.24) is 4.98 Å². The van der Waals surface area contributed by atoms with Gasteiger partial charge in [0.15, 0.2) is 0 Å². The summed E-state index contributed by atoms with van der Waals surface area (Å²) in [5.74, 6) is -1.22. The molecule has 2 heterocycles. The van der Waals surface area contributed by atoms with E-state index in [0.717, 1.165) is 16.8 Å². The number of carboxylic acid groups (broad SMARTS) is 1. The molecule has 3 rings (SSSR count). The van der Waals surface area contributed by atoms with Gasteiger partial charge in [-0.1, -0.05) is 0 Å². The lowest BCUT2D eigenvalue weighted by Gasteiger charge is -2.20. The third-order valence-electron chi connectivity index (χ3n) is 4.89. The summed E-state index contributed by atoms with van der Waals surface area (Å²) in [5.41, 5.74) is 4.60. The number of nitrogens with one attached hydrogen (secondary N) is 2. The number of aryl methyl sites for hydroxylation is 3. The first-order chi connectivity index (χ1) is 14.7. The van der Waals surface area contributed by atoms with E-state index in [9.17, 15) is 14.2 Å². The van der Waals surface area contributed by atoms with Crippen molar-refractivity contribution in [3.63, 3.8) is 0 Å². The van der Waals surface area contributed by atoms with Crippen molar-refractivity contribution in [3.05, 3.63) is 46.3 Å². The van der Waals surface area contributed by atoms with Crippen LogP contribution in [0.2, 0.25) is 0 Å². The number of benzene rings is 1. The first-order valence-corrected chi connectivity index (χ1v) is 11.7. The Labute approximate surface area is 181 Å². The standard InChI is InChI=1S/C22H27N2O6P/c1-5-29-31(28,30-6-2)19-10-13(3)9-16-17(22(27)24-21(16)19)12-18-15(7-8-20(25)26)11-14(4)23-18/h9-12,23H,5-8H2,1-4H3,(H,24,27)(H,25,26). The Balaban J connectivity index is 2.12. The Morgan fingerprint density at radius 1 is 1.16 bits per heavy atom. The van der Waals surface area contributed by atoms with Crippen LogP contribution in [0.3, 0.4) is 0 Å². The third-order valence-corrected chi connectivity index (χ3v) is 7.03. The van der Waals surface area contributed by atoms with Gasteiger partial charge in [0.2, 0.25) is 0 Å². The summed E-state index contributed by atoms with van der Waals surface area (Å²) in [4.78, 5) is 27.0. The van der Waals surface area contributed by atoms with Gasteiger partial charge in [-0.05, 0) is 69.5 Å². The molecule has 0 atom stereocenters. The summed E-state index contributed by atoms with van der Waals surface area (Å²) in [6, 6.07) is 5.44. The predicted octanol–water partition coefficient (Wildman–Crippen LogP) is 4.03. The van der Waals surface area contributed by atoms with Crippen LogP contribution in [0.4, 0.5) is 5.69 Å². The second kappa shape index (κ2) is 9.22. The molecule has 0 saturated heterocycles. The fourth-order valence-electron chi connectivity index (χ4n) is 3.68. The van der Waals surface area contributed by atoms with Gasteiger partial charge < -0.3 is 24.5 Å². The van der Waals surface area contributed by atoms with E-state index in [1.54, 1.807) is 26.0 Å². The molecule has 2 aromatic rings. The molecule has 8 nitrogen and oxygen atoms in total. The first-order valence-electron chi connectivity index (χ1n) is 10.2. The minimum atomic E-state index is -3.62. The van der Waals surface area contributed by atoms with Crippen LogP contribution in [0.5, 0.6) is 0 Å². The van der Waals surface area contributed by atoms with Crippen LogP contribution in [-0.4, -0.2) is 35.2 Å². The molecule has 3 N–H and O–H groups in total. The molecule has 0 bridgehead atoms. The van der Waals surface area contributed by atoms with Crippen LogP contribution >= 0.6 is 7.60 Å². The number of hydrogen-bond donors (Lipinski definition) is 3. The minimum absolute atomic E-state index is 0.00853. The van der Waals surface area contributed by atoms with E-state index in [-0.39, 0.29) is 25.5 Å². The number of aromatic nitrogens is 1.